The molecule has 156 valence electrons. The van der Waals surface area contributed by atoms with Gasteiger partial charge in [0.05, 0.1) is 15.6 Å². The molecule has 0 aromatic heterocycles. The summed E-state index contributed by atoms with van der Waals surface area (Å²) in [7, 11) is 0. The van der Waals surface area contributed by atoms with Gasteiger partial charge in [-0.2, -0.15) is 0 Å². The zero-order chi connectivity index (χ0) is 22.2. The zero-order valence-electron chi connectivity index (χ0n) is 16.5. The van der Waals surface area contributed by atoms with Crippen LogP contribution in [0.1, 0.15) is 23.6 Å². The third-order valence-corrected chi connectivity index (χ3v) is 5.21. The van der Waals surface area contributed by atoms with Gasteiger partial charge in [0, 0.05) is 12.1 Å². The van der Waals surface area contributed by atoms with Gasteiger partial charge >= 0.3 is 6.03 Å². The minimum atomic E-state index is -1.53. The van der Waals surface area contributed by atoms with E-state index in [9.17, 15) is 24.5 Å². The second-order valence-electron chi connectivity index (χ2n) is 7.24. The number of rotatable bonds is 5. The summed E-state index contributed by atoms with van der Waals surface area (Å²) < 4.78 is 0. The highest BCUT2D eigenvalue weighted by Gasteiger charge is 2.49. The van der Waals surface area contributed by atoms with Crippen molar-refractivity contribution in [2.45, 2.75) is 26.3 Å². The SMILES string of the molecule is Cc1cc(C)c(NC(=O)CN2C(=O)NC(C)(c3cccc([N+](=O)[O-])c3)C2=O)c(Cl)c1. The fourth-order valence-corrected chi connectivity index (χ4v) is 3.73. The molecule has 3 rings (SSSR count). The van der Waals surface area contributed by atoms with Gasteiger partial charge in [-0.1, -0.05) is 29.8 Å². The number of halogens is 1. The molecule has 2 aromatic carbocycles. The Kier molecular flexibility index (Phi) is 5.49. The number of hydrogen-bond donors (Lipinski definition) is 2. The lowest BCUT2D eigenvalue weighted by Crippen LogP contribution is -2.42. The molecule has 0 aliphatic carbocycles. The van der Waals surface area contributed by atoms with Crippen LogP contribution in [0.5, 0.6) is 0 Å². The molecule has 1 unspecified atom stereocenters. The zero-order valence-corrected chi connectivity index (χ0v) is 17.2. The number of anilines is 1. The number of nitro groups is 1. The predicted octanol–water partition coefficient (Wildman–Crippen LogP) is 3.27. The van der Waals surface area contributed by atoms with Gasteiger partial charge in [-0.25, -0.2) is 4.79 Å². The summed E-state index contributed by atoms with van der Waals surface area (Å²) in [6.07, 6.45) is 0. The molecule has 2 aromatic rings. The second-order valence-corrected chi connectivity index (χ2v) is 7.65. The van der Waals surface area contributed by atoms with E-state index in [0.717, 1.165) is 16.0 Å². The molecule has 1 saturated heterocycles. The topological polar surface area (TPSA) is 122 Å². The Bertz CT molecular complexity index is 1060. The summed E-state index contributed by atoms with van der Waals surface area (Å²) in [4.78, 5) is 49.1. The van der Waals surface area contributed by atoms with Crippen LogP contribution >= 0.6 is 11.6 Å². The highest BCUT2D eigenvalue weighted by Crippen LogP contribution is 2.31. The molecular formula is C20H19ClN4O5. The van der Waals surface area contributed by atoms with E-state index >= 15 is 0 Å². The summed E-state index contributed by atoms with van der Waals surface area (Å²) in [5, 5.41) is 16.5. The number of non-ortho nitro benzene ring substituents is 1. The number of amides is 4. The largest absolute Gasteiger partial charge is 0.325 e. The summed E-state index contributed by atoms with van der Waals surface area (Å²) in [5.74, 6) is -1.29. The van der Waals surface area contributed by atoms with Gasteiger partial charge < -0.3 is 10.6 Å². The van der Waals surface area contributed by atoms with Crippen LogP contribution in [0.25, 0.3) is 0 Å². The van der Waals surface area contributed by atoms with Crippen molar-refractivity contribution in [2.24, 2.45) is 0 Å². The van der Waals surface area contributed by atoms with Crippen LogP contribution in [0.15, 0.2) is 36.4 Å². The maximum absolute atomic E-state index is 13.0. The van der Waals surface area contributed by atoms with E-state index in [2.05, 4.69) is 10.6 Å². The number of nitrogens with zero attached hydrogens (tertiary/aromatic N) is 2. The molecule has 10 heteroatoms. The number of carbonyl (C=O) groups excluding carboxylic acids is 3. The average molecular weight is 431 g/mol. The molecule has 0 saturated carbocycles. The van der Waals surface area contributed by atoms with Crippen LogP contribution in [-0.2, 0) is 15.1 Å². The maximum Gasteiger partial charge on any atom is 0.325 e. The number of nitrogens with one attached hydrogen (secondary N) is 2. The van der Waals surface area contributed by atoms with Crippen molar-refractivity contribution >= 4 is 40.8 Å². The smallest absolute Gasteiger partial charge is 0.323 e. The minimum Gasteiger partial charge on any atom is -0.323 e. The van der Waals surface area contributed by atoms with Crippen LogP contribution in [0, 0.1) is 24.0 Å². The third kappa shape index (κ3) is 3.84. The second kappa shape index (κ2) is 7.75. The molecule has 2 N–H and O–H groups in total. The number of imide groups is 1. The molecule has 1 heterocycles. The number of nitro benzene ring substituents is 1. The van der Waals surface area contributed by atoms with Crippen molar-refractivity contribution < 1.29 is 19.3 Å². The van der Waals surface area contributed by atoms with Crippen molar-refractivity contribution in [3.8, 4) is 0 Å². The van der Waals surface area contributed by atoms with Crippen LogP contribution in [0.4, 0.5) is 16.2 Å². The summed E-state index contributed by atoms with van der Waals surface area (Å²) in [5.41, 5.74) is 0.581. The van der Waals surface area contributed by atoms with Gasteiger partial charge in [0.25, 0.3) is 11.6 Å². The van der Waals surface area contributed by atoms with E-state index in [4.69, 9.17) is 11.6 Å². The Hall–Kier alpha value is -3.46. The van der Waals surface area contributed by atoms with Crippen LogP contribution in [-0.4, -0.2) is 34.2 Å². The quantitative estimate of drug-likeness (QED) is 0.428. The van der Waals surface area contributed by atoms with Crippen molar-refractivity contribution in [1.29, 1.82) is 0 Å². The Labute approximate surface area is 177 Å². The monoisotopic (exact) mass is 430 g/mol. The van der Waals surface area contributed by atoms with Gasteiger partial charge in [0.1, 0.15) is 12.1 Å². The summed E-state index contributed by atoms with van der Waals surface area (Å²) in [6.45, 7) is 4.55. The number of aryl methyl sites for hydroxylation is 2. The Morgan fingerprint density at radius 1 is 1.27 bits per heavy atom. The lowest BCUT2D eigenvalue weighted by atomic mass is 9.91. The molecule has 0 radical (unpaired) electrons. The molecule has 1 atom stereocenters. The number of carbonyl (C=O) groups is 3. The molecule has 1 fully saturated rings. The van der Waals surface area contributed by atoms with E-state index in [1.807, 2.05) is 13.0 Å². The van der Waals surface area contributed by atoms with E-state index in [0.29, 0.717) is 10.7 Å². The molecule has 1 aliphatic rings. The first-order chi connectivity index (χ1) is 14.0. The van der Waals surface area contributed by atoms with Crippen LogP contribution in [0.3, 0.4) is 0 Å². The van der Waals surface area contributed by atoms with E-state index < -0.39 is 34.9 Å². The molecular weight excluding hydrogens is 412 g/mol. The molecule has 1 aliphatic heterocycles. The van der Waals surface area contributed by atoms with E-state index in [-0.39, 0.29) is 11.3 Å². The van der Waals surface area contributed by atoms with E-state index in [1.54, 1.807) is 13.0 Å². The van der Waals surface area contributed by atoms with Gasteiger partial charge in [0.15, 0.2) is 0 Å². The van der Waals surface area contributed by atoms with Crippen molar-refractivity contribution in [3.05, 3.63) is 68.2 Å². The molecule has 30 heavy (non-hydrogen) atoms. The average Bonchev–Trinajstić information content (AvgIpc) is 2.89. The Morgan fingerprint density at radius 2 is 1.97 bits per heavy atom. The highest BCUT2D eigenvalue weighted by molar-refractivity contribution is 6.34. The maximum atomic E-state index is 13.0. The summed E-state index contributed by atoms with van der Waals surface area (Å²) in [6, 6.07) is 8.20. The number of benzene rings is 2. The first-order valence-corrected chi connectivity index (χ1v) is 9.36. The first-order valence-electron chi connectivity index (χ1n) is 8.98. The fraction of sp³-hybridized carbons (Fsp3) is 0.250. The van der Waals surface area contributed by atoms with Gasteiger partial charge in [-0.3, -0.25) is 24.6 Å². The molecule has 0 bridgehead atoms. The normalized spacial score (nSPS) is 18.3. The Balaban J connectivity index is 1.81. The fourth-order valence-electron chi connectivity index (χ4n) is 3.36. The van der Waals surface area contributed by atoms with Crippen molar-refractivity contribution in [1.82, 2.24) is 10.2 Å². The van der Waals surface area contributed by atoms with Gasteiger partial charge in [-0.15, -0.1) is 0 Å². The molecule has 0 spiro atoms. The number of urea groups is 1. The van der Waals surface area contributed by atoms with Crippen molar-refractivity contribution in [3.63, 3.8) is 0 Å². The lowest BCUT2D eigenvalue weighted by molar-refractivity contribution is -0.385. The number of hydrogen-bond acceptors (Lipinski definition) is 5. The van der Waals surface area contributed by atoms with Gasteiger partial charge in [-0.05, 0) is 43.5 Å². The first kappa shape index (κ1) is 21.3. The lowest BCUT2D eigenvalue weighted by Gasteiger charge is -2.22. The van der Waals surface area contributed by atoms with Gasteiger partial charge in [0.2, 0.25) is 5.91 Å². The van der Waals surface area contributed by atoms with Crippen LogP contribution < -0.4 is 10.6 Å². The molecule has 4 amide bonds. The Morgan fingerprint density at radius 3 is 2.60 bits per heavy atom. The highest BCUT2D eigenvalue weighted by atomic mass is 35.5. The van der Waals surface area contributed by atoms with Crippen LogP contribution in [0.2, 0.25) is 5.02 Å². The van der Waals surface area contributed by atoms with E-state index in [1.165, 1.54) is 31.2 Å². The third-order valence-electron chi connectivity index (χ3n) is 4.91. The standard InChI is InChI=1S/C20H19ClN4O5/c1-11-7-12(2)17(15(21)8-11)22-16(26)10-24-18(27)20(3,23-19(24)28)13-5-4-6-14(9-13)25(29)30/h4-9H,10H2,1-3H3,(H,22,26)(H,23,28). The predicted molar refractivity (Wildman–Crippen MR) is 110 cm³/mol. The molecule has 9 nitrogen and oxygen atoms in total. The minimum absolute atomic E-state index is 0.212. The van der Waals surface area contributed by atoms with Crippen molar-refractivity contribution in [2.75, 3.05) is 11.9 Å². The summed E-state index contributed by atoms with van der Waals surface area (Å²) >= 11 is 6.19.